The maximum atomic E-state index is 12.2. The minimum absolute atomic E-state index is 0.0417. The highest BCUT2D eigenvalue weighted by atomic mass is 16.5. The van der Waals surface area contributed by atoms with Gasteiger partial charge in [0.1, 0.15) is 18.3 Å². The lowest BCUT2D eigenvalue weighted by molar-refractivity contribution is -0.204. The molecule has 0 aromatic rings. The second-order valence-corrected chi connectivity index (χ2v) is 7.51. The van der Waals surface area contributed by atoms with Gasteiger partial charge in [0.05, 0.1) is 18.8 Å². The zero-order chi connectivity index (χ0) is 18.8. The minimum Gasteiger partial charge on any atom is -0.394 e. The molecule has 1 heterocycles. The van der Waals surface area contributed by atoms with Gasteiger partial charge in [-0.05, 0) is 12.3 Å². The molecule has 25 heavy (non-hydrogen) atoms. The molecule has 0 aromatic carbocycles. The molecule has 0 aromatic heterocycles. The van der Waals surface area contributed by atoms with E-state index in [-0.39, 0.29) is 18.4 Å². The predicted molar refractivity (Wildman–Crippen MR) is 97.1 cm³/mol. The first-order chi connectivity index (χ1) is 11.9. The summed E-state index contributed by atoms with van der Waals surface area (Å²) in [6.45, 7) is 5.69. The summed E-state index contributed by atoms with van der Waals surface area (Å²) in [5.41, 5.74) is 0. The monoisotopic (exact) mass is 359 g/mol. The van der Waals surface area contributed by atoms with Gasteiger partial charge in [-0.3, -0.25) is 4.79 Å². The van der Waals surface area contributed by atoms with Crippen LogP contribution in [0, 0.1) is 5.92 Å². The molecule has 3 unspecified atom stereocenters. The molecular formula is C19H37NO5. The molecule has 1 rings (SSSR count). The van der Waals surface area contributed by atoms with Gasteiger partial charge in [-0.2, -0.15) is 0 Å². The van der Waals surface area contributed by atoms with Gasteiger partial charge in [0.25, 0.3) is 0 Å². The van der Waals surface area contributed by atoms with Crippen molar-refractivity contribution in [3.05, 3.63) is 0 Å². The molecule has 1 saturated heterocycles. The molecular weight excluding hydrogens is 322 g/mol. The van der Waals surface area contributed by atoms with Gasteiger partial charge < -0.3 is 25.4 Å². The number of carbonyl (C=O) groups excluding carboxylic acids is 1. The van der Waals surface area contributed by atoms with E-state index in [4.69, 9.17) is 4.74 Å². The van der Waals surface area contributed by atoms with E-state index in [2.05, 4.69) is 12.2 Å². The molecule has 1 aliphatic rings. The van der Waals surface area contributed by atoms with Gasteiger partial charge in [-0.25, -0.2) is 0 Å². The number of hydrogen-bond acceptors (Lipinski definition) is 5. The molecule has 6 heteroatoms. The van der Waals surface area contributed by atoms with Crippen molar-refractivity contribution >= 4 is 5.91 Å². The first-order valence-corrected chi connectivity index (χ1v) is 9.84. The molecule has 1 amide bonds. The molecule has 1 fully saturated rings. The molecule has 5 atom stereocenters. The average molecular weight is 360 g/mol. The molecule has 148 valence electrons. The van der Waals surface area contributed by atoms with E-state index in [0.717, 1.165) is 19.3 Å². The van der Waals surface area contributed by atoms with Crippen molar-refractivity contribution in [3.63, 3.8) is 0 Å². The minimum atomic E-state index is -1.20. The maximum absolute atomic E-state index is 12.2. The number of carbonyl (C=O) groups is 1. The Morgan fingerprint density at radius 3 is 2.20 bits per heavy atom. The number of ether oxygens (including phenoxy) is 1. The number of nitrogens with one attached hydrogen (secondary N) is 1. The summed E-state index contributed by atoms with van der Waals surface area (Å²) in [5.74, 6) is -0.0819. The topological polar surface area (TPSA) is 99.0 Å². The smallest absolute Gasteiger partial charge is 0.220 e. The van der Waals surface area contributed by atoms with E-state index in [9.17, 15) is 20.1 Å². The van der Waals surface area contributed by atoms with Crippen LogP contribution in [0.2, 0.25) is 0 Å². The summed E-state index contributed by atoms with van der Waals surface area (Å²) >= 11 is 0. The summed E-state index contributed by atoms with van der Waals surface area (Å²) in [4.78, 5) is 12.2. The van der Waals surface area contributed by atoms with E-state index in [1.54, 1.807) is 0 Å². The van der Waals surface area contributed by atoms with Crippen LogP contribution in [0.25, 0.3) is 0 Å². The number of rotatable bonds is 11. The number of aliphatic hydroxyl groups is 3. The standard InChI is InChI=1S/C19H37NO5/c1-4-5-6-7-8-9-10-11-15(22)20-16-18(24)17(23)14(12-21)25-19(16)13(2)3/h13-14,16-19,21,23-24H,4-12H2,1-3H3,(H,20,22)/t14?,16?,17-,18?,19+/m1/s1. The third-order valence-corrected chi connectivity index (χ3v) is 4.96. The van der Waals surface area contributed by atoms with Crippen LogP contribution in [0.3, 0.4) is 0 Å². The number of unbranched alkanes of at least 4 members (excludes halogenated alkanes) is 6. The van der Waals surface area contributed by atoms with Crippen molar-refractivity contribution in [2.24, 2.45) is 5.92 Å². The molecule has 0 spiro atoms. The van der Waals surface area contributed by atoms with E-state index in [0.29, 0.717) is 6.42 Å². The van der Waals surface area contributed by atoms with Gasteiger partial charge >= 0.3 is 0 Å². The van der Waals surface area contributed by atoms with Gasteiger partial charge in [0.15, 0.2) is 0 Å². The Labute approximate surface area is 152 Å². The lowest BCUT2D eigenvalue weighted by atomic mass is 9.87. The van der Waals surface area contributed by atoms with Gasteiger partial charge in [-0.1, -0.05) is 59.3 Å². The second kappa shape index (κ2) is 11.8. The van der Waals surface area contributed by atoms with Crippen molar-refractivity contribution in [3.8, 4) is 0 Å². The van der Waals surface area contributed by atoms with Crippen LogP contribution < -0.4 is 5.32 Å². The highest BCUT2D eigenvalue weighted by molar-refractivity contribution is 5.76. The fourth-order valence-electron chi connectivity index (χ4n) is 3.38. The van der Waals surface area contributed by atoms with E-state index in [1.165, 1.54) is 25.7 Å². The highest BCUT2D eigenvalue weighted by Crippen LogP contribution is 2.26. The third-order valence-electron chi connectivity index (χ3n) is 4.96. The Morgan fingerprint density at radius 1 is 1.04 bits per heavy atom. The molecule has 0 aliphatic carbocycles. The zero-order valence-corrected chi connectivity index (χ0v) is 16.0. The fourth-order valence-corrected chi connectivity index (χ4v) is 3.38. The van der Waals surface area contributed by atoms with Gasteiger partial charge in [0.2, 0.25) is 5.91 Å². The van der Waals surface area contributed by atoms with Crippen LogP contribution in [0.5, 0.6) is 0 Å². The molecule has 0 saturated carbocycles. The van der Waals surface area contributed by atoms with E-state index in [1.807, 2.05) is 13.8 Å². The fraction of sp³-hybridized carbons (Fsp3) is 0.947. The van der Waals surface area contributed by atoms with Crippen LogP contribution in [0.4, 0.5) is 0 Å². The number of hydrogen-bond donors (Lipinski definition) is 4. The predicted octanol–water partition coefficient (Wildman–Crippen LogP) is 1.75. The van der Waals surface area contributed by atoms with Crippen LogP contribution in [0.15, 0.2) is 0 Å². The Kier molecular flexibility index (Phi) is 10.6. The Balaban J connectivity index is 2.42. The van der Waals surface area contributed by atoms with Crippen molar-refractivity contribution in [2.45, 2.75) is 103 Å². The lowest BCUT2D eigenvalue weighted by Gasteiger charge is -2.44. The van der Waals surface area contributed by atoms with Crippen molar-refractivity contribution < 1.29 is 24.9 Å². The first kappa shape index (κ1) is 22.4. The number of aliphatic hydroxyl groups excluding tert-OH is 3. The average Bonchev–Trinajstić information content (AvgIpc) is 2.58. The lowest BCUT2D eigenvalue weighted by Crippen LogP contribution is -2.65. The summed E-state index contributed by atoms with van der Waals surface area (Å²) in [6.07, 6.45) is 4.80. The summed E-state index contributed by atoms with van der Waals surface area (Å²) in [6, 6.07) is -0.658. The Hall–Kier alpha value is -0.690. The molecule has 0 radical (unpaired) electrons. The molecule has 6 nitrogen and oxygen atoms in total. The number of amides is 1. The molecule has 4 N–H and O–H groups in total. The van der Waals surface area contributed by atoms with Crippen LogP contribution >= 0.6 is 0 Å². The molecule has 1 aliphatic heterocycles. The van der Waals surface area contributed by atoms with Crippen molar-refractivity contribution in [1.29, 1.82) is 0 Å². The quantitative estimate of drug-likeness (QED) is 0.421. The molecule has 0 bridgehead atoms. The van der Waals surface area contributed by atoms with Crippen LogP contribution in [-0.2, 0) is 9.53 Å². The first-order valence-electron chi connectivity index (χ1n) is 9.84. The summed E-state index contributed by atoms with van der Waals surface area (Å²) < 4.78 is 5.70. The summed E-state index contributed by atoms with van der Waals surface area (Å²) in [7, 11) is 0. The zero-order valence-electron chi connectivity index (χ0n) is 16.0. The summed E-state index contributed by atoms with van der Waals surface area (Å²) in [5, 5.41) is 32.5. The largest absolute Gasteiger partial charge is 0.394 e. The highest BCUT2D eigenvalue weighted by Gasteiger charge is 2.45. The third kappa shape index (κ3) is 7.21. The van der Waals surface area contributed by atoms with Crippen molar-refractivity contribution in [2.75, 3.05) is 6.61 Å². The Morgan fingerprint density at radius 2 is 1.64 bits per heavy atom. The van der Waals surface area contributed by atoms with E-state index < -0.39 is 30.5 Å². The van der Waals surface area contributed by atoms with Gasteiger partial charge in [-0.15, -0.1) is 0 Å². The van der Waals surface area contributed by atoms with Gasteiger partial charge in [0, 0.05) is 6.42 Å². The second-order valence-electron chi connectivity index (χ2n) is 7.51. The maximum Gasteiger partial charge on any atom is 0.220 e. The van der Waals surface area contributed by atoms with Crippen LogP contribution in [0.1, 0.15) is 72.1 Å². The SMILES string of the molecule is CCCCCCCCCC(=O)NC1C(O)[C@H](O)C(CO)O[C@H]1C(C)C. The van der Waals surface area contributed by atoms with Crippen molar-refractivity contribution in [1.82, 2.24) is 5.32 Å². The normalized spacial score (nSPS) is 29.8. The van der Waals surface area contributed by atoms with E-state index >= 15 is 0 Å². The van der Waals surface area contributed by atoms with Crippen LogP contribution in [-0.4, -0.2) is 58.3 Å². The Bertz CT molecular complexity index is 377.